The van der Waals surface area contributed by atoms with E-state index in [1.165, 1.54) is 6.20 Å². The van der Waals surface area contributed by atoms with Gasteiger partial charge in [-0.3, -0.25) is 4.68 Å². The van der Waals surface area contributed by atoms with E-state index >= 15 is 0 Å². The molecule has 0 amide bonds. The quantitative estimate of drug-likeness (QED) is 0.233. The Kier molecular flexibility index (Phi) is 7.16. The van der Waals surface area contributed by atoms with Crippen molar-refractivity contribution in [2.24, 2.45) is 0 Å². The van der Waals surface area contributed by atoms with E-state index in [1.54, 1.807) is 24.9 Å². The number of anilines is 3. The summed E-state index contributed by atoms with van der Waals surface area (Å²) in [5.41, 5.74) is 2.78. The molecule has 0 aliphatic rings. The zero-order chi connectivity index (χ0) is 26.5. The molecule has 5 aromatic rings. The number of para-hydroxylation sites is 3. The van der Waals surface area contributed by atoms with Gasteiger partial charge in [-0.2, -0.15) is 10.1 Å². The number of hydrogen-bond acceptors (Lipinski definition) is 10. The lowest BCUT2D eigenvalue weighted by Gasteiger charge is -2.19. The average molecular weight is 514 g/mol. The van der Waals surface area contributed by atoms with E-state index in [2.05, 4.69) is 30.7 Å². The molecule has 0 spiro atoms. The van der Waals surface area contributed by atoms with Crippen LogP contribution in [0.2, 0.25) is 0 Å². The molecule has 0 saturated heterocycles. The Labute approximate surface area is 218 Å². The lowest BCUT2D eigenvalue weighted by Crippen LogP contribution is -2.20. The van der Waals surface area contributed by atoms with E-state index in [9.17, 15) is 4.79 Å². The van der Waals surface area contributed by atoms with Gasteiger partial charge in [-0.25, -0.2) is 14.8 Å². The van der Waals surface area contributed by atoms with E-state index in [1.807, 2.05) is 61.7 Å². The van der Waals surface area contributed by atoms with E-state index in [0.29, 0.717) is 34.4 Å². The van der Waals surface area contributed by atoms with Crippen molar-refractivity contribution in [2.45, 2.75) is 26.4 Å². The summed E-state index contributed by atoms with van der Waals surface area (Å²) in [6.07, 6.45) is 5.55. The zero-order valence-corrected chi connectivity index (χ0v) is 21.2. The van der Waals surface area contributed by atoms with Crippen molar-refractivity contribution < 1.29 is 18.7 Å². The minimum absolute atomic E-state index is 0.177. The molecule has 0 fully saturated rings. The monoisotopic (exact) mass is 513 g/mol. The van der Waals surface area contributed by atoms with E-state index in [0.717, 1.165) is 11.9 Å². The Balaban J connectivity index is 1.53. The number of benzene rings is 2. The largest absolute Gasteiger partial charge is 0.494 e. The smallest absolute Gasteiger partial charge is 0.343 e. The van der Waals surface area contributed by atoms with Gasteiger partial charge in [0.15, 0.2) is 17.2 Å². The minimum Gasteiger partial charge on any atom is -0.494 e. The summed E-state index contributed by atoms with van der Waals surface area (Å²) >= 11 is 0. The van der Waals surface area contributed by atoms with Gasteiger partial charge in [0, 0.05) is 18.6 Å². The Morgan fingerprint density at radius 1 is 1.11 bits per heavy atom. The standard InChI is InChI=1S/C27H27N7O4/c1-4-22(34-15-9-14-29-34)32-27-28-16-18(26(35)37-5-2)24(33-27)30-20-12-8-10-17(23(20)36-3)25-31-19-11-6-7-13-21(19)38-25/h6-16,22H,4-5H2,1-3H3,(H2,28,30,32,33). The number of carbonyl (C=O) groups excluding carboxylic acids is 1. The molecule has 1 atom stereocenters. The van der Waals surface area contributed by atoms with Crippen LogP contribution in [-0.4, -0.2) is 44.4 Å². The molecule has 3 heterocycles. The van der Waals surface area contributed by atoms with Crippen molar-refractivity contribution in [3.63, 3.8) is 0 Å². The van der Waals surface area contributed by atoms with Crippen molar-refractivity contribution >= 4 is 34.5 Å². The number of hydrogen-bond donors (Lipinski definition) is 2. The highest BCUT2D eigenvalue weighted by atomic mass is 16.5. The number of carbonyl (C=O) groups is 1. The average Bonchev–Trinajstić information content (AvgIpc) is 3.62. The maximum atomic E-state index is 12.7. The van der Waals surface area contributed by atoms with Crippen LogP contribution >= 0.6 is 0 Å². The fourth-order valence-corrected chi connectivity index (χ4v) is 4.01. The van der Waals surface area contributed by atoms with Gasteiger partial charge >= 0.3 is 5.97 Å². The summed E-state index contributed by atoms with van der Waals surface area (Å²) in [6.45, 7) is 3.98. The molecule has 2 aromatic carbocycles. The number of oxazole rings is 1. The van der Waals surface area contributed by atoms with Gasteiger partial charge in [0.25, 0.3) is 0 Å². The summed E-state index contributed by atoms with van der Waals surface area (Å²) in [6, 6.07) is 14.9. The molecule has 194 valence electrons. The molecule has 0 radical (unpaired) electrons. The van der Waals surface area contributed by atoms with Gasteiger partial charge in [0.1, 0.15) is 17.2 Å². The molecule has 11 heteroatoms. The molecule has 2 N–H and O–H groups in total. The second kappa shape index (κ2) is 11.0. The first-order valence-corrected chi connectivity index (χ1v) is 12.2. The third-order valence-corrected chi connectivity index (χ3v) is 5.81. The molecule has 0 saturated carbocycles. The van der Waals surface area contributed by atoms with Crippen molar-refractivity contribution in [1.29, 1.82) is 0 Å². The highest BCUT2D eigenvalue weighted by Gasteiger charge is 2.21. The summed E-state index contributed by atoms with van der Waals surface area (Å²) in [5.74, 6) is 0.910. The predicted molar refractivity (Wildman–Crippen MR) is 142 cm³/mol. The summed E-state index contributed by atoms with van der Waals surface area (Å²) in [4.78, 5) is 26.3. The third-order valence-electron chi connectivity index (χ3n) is 5.81. The molecule has 3 aromatic heterocycles. The van der Waals surface area contributed by atoms with Gasteiger partial charge < -0.3 is 24.5 Å². The molecule has 0 aliphatic heterocycles. The normalized spacial score (nSPS) is 11.8. The van der Waals surface area contributed by atoms with Crippen LogP contribution in [0.1, 0.15) is 36.8 Å². The number of nitrogens with one attached hydrogen (secondary N) is 2. The van der Waals surface area contributed by atoms with Crippen LogP contribution < -0.4 is 15.4 Å². The minimum atomic E-state index is -0.547. The Morgan fingerprint density at radius 3 is 2.71 bits per heavy atom. The van der Waals surface area contributed by atoms with Crippen LogP contribution in [0.4, 0.5) is 17.5 Å². The van der Waals surface area contributed by atoms with Crippen molar-refractivity contribution in [2.75, 3.05) is 24.4 Å². The molecule has 1 unspecified atom stereocenters. The van der Waals surface area contributed by atoms with Gasteiger partial charge in [-0.15, -0.1) is 0 Å². The predicted octanol–water partition coefficient (Wildman–Crippen LogP) is 5.43. The van der Waals surface area contributed by atoms with Gasteiger partial charge in [0.05, 0.1) is 25.0 Å². The first kappa shape index (κ1) is 24.8. The summed E-state index contributed by atoms with van der Waals surface area (Å²) < 4.78 is 18.7. The highest BCUT2D eigenvalue weighted by molar-refractivity contribution is 5.96. The third kappa shape index (κ3) is 4.99. The van der Waals surface area contributed by atoms with E-state index in [-0.39, 0.29) is 24.2 Å². The molecule has 0 bridgehead atoms. The van der Waals surface area contributed by atoms with Crippen LogP contribution in [-0.2, 0) is 4.74 Å². The fraction of sp³-hybridized carbons (Fsp3) is 0.222. The topological polar surface area (TPSA) is 129 Å². The van der Waals surface area contributed by atoms with Gasteiger partial charge in [-0.1, -0.05) is 25.1 Å². The number of rotatable bonds is 10. The lowest BCUT2D eigenvalue weighted by molar-refractivity contribution is 0.0526. The van der Waals surface area contributed by atoms with E-state index in [4.69, 9.17) is 13.9 Å². The molecule has 5 rings (SSSR count). The Morgan fingerprint density at radius 2 is 1.97 bits per heavy atom. The maximum Gasteiger partial charge on any atom is 0.343 e. The highest BCUT2D eigenvalue weighted by Crippen LogP contribution is 2.38. The number of aromatic nitrogens is 5. The van der Waals surface area contributed by atoms with Crippen molar-refractivity contribution in [3.8, 4) is 17.2 Å². The maximum absolute atomic E-state index is 12.7. The summed E-state index contributed by atoms with van der Waals surface area (Å²) in [7, 11) is 1.56. The second-order valence-corrected chi connectivity index (χ2v) is 8.23. The first-order chi connectivity index (χ1) is 18.6. The van der Waals surface area contributed by atoms with Crippen LogP contribution in [0.25, 0.3) is 22.6 Å². The van der Waals surface area contributed by atoms with Crippen LogP contribution in [0, 0.1) is 0 Å². The fourth-order valence-electron chi connectivity index (χ4n) is 4.01. The second-order valence-electron chi connectivity index (χ2n) is 8.23. The lowest BCUT2D eigenvalue weighted by atomic mass is 10.1. The first-order valence-electron chi connectivity index (χ1n) is 12.2. The zero-order valence-electron chi connectivity index (χ0n) is 21.2. The van der Waals surface area contributed by atoms with E-state index < -0.39 is 5.97 Å². The molecular formula is C27H27N7O4. The molecule has 11 nitrogen and oxygen atoms in total. The van der Waals surface area contributed by atoms with Crippen LogP contribution in [0.15, 0.2) is 71.5 Å². The summed E-state index contributed by atoms with van der Waals surface area (Å²) in [5, 5.41) is 10.8. The van der Waals surface area contributed by atoms with Crippen molar-refractivity contribution in [1.82, 2.24) is 24.7 Å². The number of nitrogens with zero attached hydrogens (tertiary/aromatic N) is 5. The molecule has 0 aliphatic carbocycles. The van der Waals surface area contributed by atoms with Crippen LogP contribution in [0.3, 0.4) is 0 Å². The van der Waals surface area contributed by atoms with Gasteiger partial charge in [-0.05, 0) is 43.7 Å². The number of esters is 1. The Hall–Kier alpha value is -4.93. The molecule has 38 heavy (non-hydrogen) atoms. The van der Waals surface area contributed by atoms with Gasteiger partial charge in [0.2, 0.25) is 11.8 Å². The Bertz CT molecular complexity index is 1520. The number of methoxy groups -OCH3 is 1. The number of ether oxygens (including phenoxy) is 2. The van der Waals surface area contributed by atoms with Crippen LogP contribution in [0.5, 0.6) is 5.75 Å². The van der Waals surface area contributed by atoms with Crippen molar-refractivity contribution in [3.05, 3.63) is 72.7 Å². The SMILES string of the molecule is CCOC(=O)c1cnc(NC(CC)n2cccn2)nc1Nc1cccc(-c2nc3ccccc3o2)c1OC. The number of fused-ring (bicyclic) bond motifs is 1. The molecular weight excluding hydrogens is 486 g/mol.